The van der Waals surface area contributed by atoms with Gasteiger partial charge in [0, 0.05) is 0 Å². The van der Waals surface area contributed by atoms with Crippen LogP contribution in [-0.4, -0.2) is 16.9 Å². The summed E-state index contributed by atoms with van der Waals surface area (Å²) < 4.78 is 13.8. The average Bonchev–Trinajstić information content (AvgIpc) is 2.74. The highest BCUT2D eigenvalue weighted by Gasteiger charge is 2.17. The maximum absolute atomic E-state index is 13.8. The molecule has 0 saturated carbocycles. The van der Waals surface area contributed by atoms with Crippen molar-refractivity contribution in [3.05, 3.63) is 101 Å². The van der Waals surface area contributed by atoms with Gasteiger partial charge in [0.1, 0.15) is 5.82 Å². The van der Waals surface area contributed by atoms with Gasteiger partial charge < -0.3 is 10.6 Å². The quantitative estimate of drug-likeness (QED) is 0.533. The summed E-state index contributed by atoms with van der Waals surface area (Å²) in [5.41, 5.74) is 1.64. The largest absolute Gasteiger partial charge is 0.345 e. The number of rotatable bonds is 5. The smallest absolute Gasteiger partial charge is 0.260 e. The first-order chi connectivity index (χ1) is 14.5. The Morgan fingerprint density at radius 3 is 2.13 bits per heavy atom. The molecule has 0 fully saturated rings. The number of carbonyl (C=O) groups excluding carboxylic acids is 2. The molecule has 2 amide bonds. The molecule has 0 bridgehead atoms. The molecule has 3 rings (SSSR count). The Morgan fingerprint density at radius 2 is 1.43 bits per heavy atom. The minimum atomic E-state index is -0.676. The summed E-state index contributed by atoms with van der Waals surface area (Å²) in [7, 11) is 0. The van der Waals surface area contributed by atoms with Gasteiger partial charge in [-0.3, -0.25) is 14.9 Å². The van der Waals surface area contributed by atoms with E-state index in [4.69, 9.17) is 12.2 Å². The lowest BCUT2D eigenvalue weighted by atomic mass is 10.1. The van der Waals surface area contributed by atoms with Crippen molar-refractivity contribution in [2.24, 2.45) is 0 Å². The predicted octanol–water partition coefficient (Wildman–Crippen LogP) is 4.44. The molecule has 3 aromatic rings. The summed E-state index contributed by atoms with van der Waals surface area (Å²) in [4.78, 5) is 25.0. The van der Waals surface area contributed by atoms with Gasteiger partial charge in [-0.15, -0.1) is 0 Å². The van der Waals surface area contributed by atoms with Gasteiger partial charge in [-0.2, -0.15) is 0 Å². The highest BCUT2D eigenvalue weighted by Crippen LogP contribution is 2.18. The molecule has 3 N–H and O–H groups in total. The summed E-state index contributed by atoms with van der Waals surface area (Å²) >= 11 is 5.17. The van der Waals surface area contributed by atoms with Crippen molar-refractivity contribution in [3.8, 4) is 0 Å². The summed E-state index contributed by atoms with van der Waals surface area (Å²) in [5, 5.41) is 8.17. The molecule has 1 atom stereocenters. The van der Waals surface area contributed by atoms with E-state index in [1.807, 2.05) is 37.3 Å². The summed E-state index contributed by atoms with van der Waals surface area (Å²) in [5.74, 6) is -1.62. The maximum atomic E-state index is 13.8. The van der Waals surface area contributed by atoms with Gasteiger partial charge in [0.25, 0.3) is 11.8 Å². The van der Waals surface area contributed by atoms with E-state index in [0.717, 1.165) is 5.56 Å². The minimum absolute atomic E-state index is 0.0420. The van der Waals surface area contributed by atoms with E-state index in [-0.39, 0.29) is 22.6 Å². The lowest BCUT2D eigenvalue weighted by Gasteiger charge is -2.17. The molecule has 30 heavy (non-hydrogen) atoms. The van der Waals surface area contributed by atoms with Crippen LogP contribution in [0.2, 0.25) is 0 Å². The van der Waals surface area contributed by atoms with Crippen LogP contribution in [0.15, 0.2) is 78.9 Å². The molecule has 0 heterocycles. The number of hydrogen-bond acceptors (Lipinski definition) is 3. The van der Waals surface area contributed by atoms with Crippen LogP contribution in [0, 0.1) is 5.82 Å². The zero-order valence-corrected chi connectivity index (χ0v) is 17.0. The second kappa shape index (κ2) is 9.76. The van der Waals surface area contributed by atoms with Gasteiger partial charge in [0.05, 0.1) is 22.9 Å². The van der Waals surface area contributed by atoms with Crippen molar-refractivity contribution in [2.75, 3.05) is 5.32 Å². The van der Waals surface area contributed by atoms with Crippen LogP contribution >= 0.6 is 12.2 Å². The number of anilines is 1. The lowest BCUT2D eigenvalue weighted by molar-refractivity contribution is 0.0939. The van der Waals surface area contributed by atoms with E-state index < -0.39 is 11.7 Å². The molecule has 0 saturated heterocycles. The third-order valence-corrected chi connectivity index (χ3v) is 4.62. The Hall–Kier alpha value is -3.58. The van der Waals surface area contributed by atoms with Gasteiger partial charge >= 0.3 is 0 Å². The lowest BCUT2D eigenvalue weighted by Crippen LogP contribution is -2.35. The molecule has 152 valence electrons. The topological polar surface area (TPSA) is 70.2 Å². The summed E-state index contributed by atoms with van der Waals surface area (Å²) in [6.45, 7) is 1.89. The molecule has 3 aromatic carbocycles. The second-order valence-corrected chi connectivity index (χ2v) is 6.95. The van der Waals surface area contributed by atoms with Gasteiger partial charge in [-0.1, -0.05) is 54.6 Å². The van der Waals surface area contributed by atoms with E-state index >= 15 is 0 Å². The highest BCUT2D eigenvalue weighted by atomic mass is 32.1. The van der Waals surface area contributed by atoms with Gasteiger partial charge in [-0.05, 0) is 49.0 Å². The molecule has 0 aliphatic rings. The molecule has 5 nitrogen and oxygen atoms in total. The number of benzene rings is 3. The fourth-order valence-electron chi connectivity index (χ4n) is 2.86. The minimum Gasteiger partial charge on any atom is -0.345 e. The molecule has 0 spiro atoms. The number of para-hydroxylation sites is 1. The second-order valence-electron chi connectivity index (χ2n) is 6.54. The van der Waals surface area contributed by atoms with Gasteiger partial charge in [0.15, 0.2) is 5.11 Å². The Kier molecular flexibility index (Phi) is 6.87. The van der Waals surface area contributed by atoms with E-state index in [0.29, 0.717) is 11.3 Å². The van der Waals surface area contributed by atoms with Crippen molar-refractivity contribution in [1.29, 1.82) is 0 Å². The van der Waals surface area contributed by atoms with E-state index in [2.05, 4.69) is 16.0 Å². The fourth-order valence-corrected chi connectivity index (χ4v) is 3.06. The summed E-state index contributed by atoms with van der Waals surface area (Å²) in [6.07, 6.45) is 0. The van der Waals surface area contributed by atoms with Crippen LogP contribution in [-0.2, 0) is 0 Å². The van der Waals surface area contributed by atoms with Gasteiger partial charge in [0.2, 0.25) is 0 Å². The monoisotopic (exact) mass is 421 g/mol. The number of thiocarbonyl (C=S) groups is 1. The Labute approximate surface area is 179 Å². The van der Waals surface area contributed by atoms with Gasteiger partial charge in [-0.25, -0.2) is 4.39 Å². The first-order valence-electron chi connectivity index (χ1n) is 9.27. The molecule has 1 unspecified atom stereocenters. The number of carbonyl (C=O) groups is 2. The van der Waals surface area contributed by atoms with Crippen LogP contribution in [0.5, 0.6) is 0 Å². The zero-order valence-electron chi connectivity index (χ0n) is 16.2. The molecule has 0 aromatic heterocycles. The molecule has 0 aliphatic carbocycles. The van der Waals surface area contributed by atoms with Crippen LogP contribution in [0.4, 0.5) is 10.1 Å². The standard InChI is InChI=1S/C23H20FN3O2S/c1-15(16-9-3-2-4-10-16)25-22(29)18-12-6-8-14-20(18)26-23(30)27-21(28)17-11-5-7-13-19(17)24/h2-15H,1H3,(H,25,29)(H2,26,27,28,30). The van der Waals surface area contributed by atoms with Crippen molar-refractivity contribution >= 4 is 34.8 Å². The van der Waals surface area contributed by atoms with E-state index in [1.54, 1.807) is 30.3 Å². The molecule has 0 radical (unpaired) electrons. The molecule has 7 heteroatoms. The normalized spacial score (nSPS) is 11.3. The van der Waals surface area contributed by atoms with Crippen LogP contribution < -0.4 is 16.0 Å². The number of nitrogens with one attached hydrogen (secondary N) is 3. The first kappa shape index (κ1) is 21.1. The van der Waals surface area contributed by atoms with Crippen molar-refractivity contribution in [3.63, 3.8) is 0 Å². The number of hydrogen-bond donors (Lipinski definition) is 3. The Morgan fingerprint density at radius 1 is 0.833 bits per heavy atom. The number of halogens is 1. The highest BCUT2D eigenvalue weighted by molar-refractivity contribution is 7.80. The first-order valence-corrected chi connectivity index (χ1v) is 9.68. The van der Waals surface area contributed by atoms with Crippen molar-refractivity contribution in [1.82, 2.24) is 10.6 Å². The maximum Gasteiger partial charge on any atom is 0.260 e. The number of amides is 2. The van der Waals surface area contributed by atoms with Crippen LogP contribution in [0.25, 0.3) is 0 Å². The van der Waals surface area contributed by atoms with Crippen molar-refractivity contribution in [2.45, 2.75) is 13.0 Å². The Balaban J connectivity index is 1.69. The Bertz CT molecular complexity index is 1070. The molecular formula is C23H20FN3O2S. The molecular weight excluding hydrogens is 401 g/mol. The van der Waals surface area contributed by atoms with Crippen LogP contribution in [0.3, 0.4) is 0 Å². The van der Waals surface area contributed by atoms with Crippen molar-refractivity contribution < 1.29 is 14.0 Å². The van der Waals surface area contributed by atoms with E-state index in [9.17, 15) is 14.0 Å². The van der Waals surface area contributed by atoms with E-state index in [1.165, 1.54) is 18.2 Å². The SMILES string of the molecule is CC(NC(=O)c1ccccc1NC(=S)NC(=O)c1ccccc1F)c1ccccc1. The summed E-state index contributed by atoms with van der Waals surface area (Å²) in [6, 6.07) is 21.8. The third kappa shape index (κ3) is 5.27. The van der Waals surface area contributed by atoms with Crippen LogP contribution in [0.1, 0.15) is 39.2 Å². The fraction of sp³-hybridized carbons (Fsp3) is 0.0870. The molecule has 0 aliphatic heterocycles. The zero-order chi connectivity index (χ0) is 21.5. The average molecular weight is 421 g/mol. The third-order valence-electron chi connectivity index (χ3n) is 4.41. The predicted molar refractivity (Wildman–Crippen MR) is 119 cm³/mol.